The van der Waals surface area contributed by atoms with E-state index in [2.05, 4.69) is 24.5 Å². The molecular formula is C18H19FN2O2. The number of para-hydroxylation sites is 1. The van der Waals surface area contributed by atoms with Crippen LogP contribution in [0.2, 0.25) is 0 Å². The van der Waals surface area contributed by atoms with E-state index < -0.39 is 17.6 Å². The Balaban J connectivity index is 1.89. The van der Waals surface area contributed by atoms with Gasteiger partial charge in [-0.25, -0.2) is 4.39 Å². The van der Waals surface area contributed by atoms with Gasteiger partial charge in [0.15, 0.2) is 0 Å². The highest BCUT2D eigenvalue weighted by molar-refractivity contribution is 6.08. The van der Waals surface area contributed by atoms with Crippen molar-refractivity contribution in [3.63, 3.8) is 0 Å². The summed E-state index contributed by atoms with van der Waals surface area (Å²) in [6.45, 7) is 4.17. The molecule has 2 aromatic carbocycles. The Bertz CT molecular complexity index is 696. The molecule has 0 saturated carbocycles. The lowest BCUT2D eigenvalue weighted by molar-refractivity contribution is -0.123. The first kappa shape index (κ1) is 16.7. The molecule has 0 aromatic heterocycles. The van der Waals surface area contributed by atoms with Crippen molar-refractivity contribution in [3.05, 3.63) is 59.9 Å². The van der Waals surface area contributed by atoms with Crippen LogP contribution in [-0.2, 0) is 9.59 Å². The van der Waals surface area contributed by atoms with Crippen LogP contribution in [0.25, 0.3) is 0 Å². The Morgan fingerprint density at radius 3 is 2.17 bits per heavy atom. The fourth-order valence-electron chi connectivity index (χ4n) is 2.06. The first-order valence-electron chi connectivity index (χ1n) is 7.40. The van der Waals surface area contributed by atoms with Crippen LogP contribution >= 0.6 is 0 Å². The molecule has 0 bridgehead atoms. The van der Waals surface area contributed by atoms with E-state index in [1.165, 1.54) is 23.8 Å². The molecule has 5 heteroatoms. The minimum atomic E-state index is -0.564. The fourth-order valence-corrected chi connectivity index (χ4v) is 2.06. The summed E-state index contributed by atoms with van der Waals surface area (Å²) in [5, 5.41) is 5.02. The van der Waals surface area contributed by atoms with Crippen molar-refractivity contribution in [2.75, 3.05) is 10.6 Å². The number of amides is 2. The molecule has 2 aromatic rings. The Labute approximate surface area is 134 Å². The smallest absolute Gasteiger partial charge is 0.233 e. The zero-order valence-electron chi connectivity index (χ0n) is 13.1. The third-order valence-corrected chi connectivity index (χ3v) is 3.33. The molecule has 2 rings (SSSR count). The predicted octanol–water partition coefficient (Wildman–Crippen LogP) is 3.92. The normalized spacial score (nSPS) is 10.4. The molecule has 120 valence electrons. The van der Waals surface area contributed by atoms with Crippen molar-refractivity contribution >= 4 is 23.2 Å². The second kappa shape index (κ2) is 7.54. The van der Waals surface area contributed by atoms with E-state index in [0.29, 0.717) is 11.6 Å². The molecular weight excluding hydrogens is 295 g/mol. The Hall–Kier alpha value is -2.69. The van der Waals surface area contributed by atoms with Gasteiger partial charge in [0.25, 0.3) is 0 Å². The molecule has 0 radical (unpaired) electrons. The quantitative estimate of drug-likeness (QED) is 0.822. The van der Waals surface area contributed by atoms with Crippen molar-refractivity contribution in [2.45, 2.75) is 26.2 Å². The third kappa shape index (κ3) is 4.92. The van der Waals surface area contributed by atoms with Crippen LogP contribution in [0.15, 0.2) is 48.5 Å². The zero-order valence-corrected chi connectivity index (χ0v) is 13.1. The molecule has 0 aliphatic heterocycles. The number of nitrogens with one attached hydrogen (secondary N) is 2. The molecule has 2 amide bonds. The molecule has 0 saturated heterocycles. The van der Waals surface area contributed by atoms with E-state index in [9.17, 15) is 14.0 Å². The van der Waals surface area contributed by atoms with Crippen molar-refractivity contribution < 1.29 is 14.0 Å². The largest absolute Gasteiger partial charge is 0.326 e. The Kier molecular flexibility index (Phi) is 5.46. The van der Waals surface area contributed by atoms with Crippen LogP contribution < -0.4 is 10.6 Å². The van der Waals surface area contributed by atoms with Gasteiger partial charge in [-0.05, 0) is 35.7 Å². The fraction of sp³-hybridized carbons (Fsp3) is 0.222. The maximum Gasteiger partial charge on any atom is 0.233 e. The zero-order chi connectivity index (χ0) is 16.8. The average molecular weight is 314 g/mol. The van der Waals surface area contributed by atoms with Crippen molar-refractivity contribution in [2.24, 2.45) is 0 Å². The molecule has 4 nitrogen and oxygen atoms in total. The third-order valence-electron chi connectivity index (χ3n) is 3.33. The van der Waals surface area contributed by atoms with Crippen molar-refractivity contribution in [1.82, 2.24) is 0 Å². The summed E-state index contributed by atoms with van der Waals surface area (Å²) in [5.74, 6) is -1.14. The summed E-state index contributed by atoms with van der Waals surface area (Å²) in [4.78, 5) is 23.6. The van der Waals surface area contributed by atoms with E-state index >= 15 is 0 Å². The predicted molar refractivity (Wildman–Crippen MR) is 88.8 cm³/mol. The number of halogens is 1. The van der Waals surface area contributed by atoms with Gasteiger partial charge in [-0.1, -0.05) is 38.1 Å². The van der Waals surface area contributed by atoms with Gasteiger partial charge in [0.1, 0.15) is 12.2 Å². The van der Waals surface area contributed by atoms with E-state index in [1.807, 2.05) is 12.1 Å². The lowest BCUT2D eigenvalue weighted by atomic mass is 10.0. The standard InChI is InChI=1S/C18H19FN2O2/c1-12(2)13-7-9-14(10-8-13)20-17(22)11-18(23)21-16-6-4-3-5-15(16)19/h3-10,12H,11H2,1-2H3,(H,20,22)(H,21,23). The molecule has 23 heavy (non-hydrogen) atoms. The summed E-state index contributed by atoms with van der Waals surface area (Å²) in [7, 11) is 0. The molecule has 0 fully saturated rings. The number of anilines is 2. The number of hydrogen-bond acceptors (Lipinski definition) is 2. The topological polar surface area (TPSA) is 58.2 Å². The van der Waals surface area contributed by atoms with E-state index in [4.69, 9.17) is 0 Å². The molecule has 0 atom stereocenters. The Morgan fingerprint density at radius 2 is 1.57 bits per heavy atom. The van der Waals surface area contributed by atoms with Crippen molar-refractivity contribution in [1.29, 1.82) is 0 Å². The maximum absolute atomic E-state index is 13.4. The molecule has 2 N–H and O–H groups in total. The molecule has 0 heterocycles. The SMILES string of the molecule is CC(C)c1ccc(NC(=O)CC(=O)Nc2ccccc2F)cc1. The average Bonchev–Trinajstić information content (AvgIpc) is 2.50. The lowest BCUT2D eigenvalue weighted by Gasteiger charge is -2.09. The van der Waals surface area contributed by atoms with Gasteiger partial charge in [-0.2, -0.15) is 0 Å². The van der Waals surface area contributed by atoms with Crippen LogP contribution in [-0.4, -0.2) is 11.8 Å². The van der Waals surface area contributed by atoms with E-state index in [1.54, 1.807) is 18.2 Å². The summed E-state index contributed by atoms with van der Waals surface area (Å²) < 4.78 is 13.4. The molecule has 0 aliphatic carbocycles. The number of rotatable bonds is 5. The number of benzene rings is 2. The second-order valence-corrected chi connectivity index (χ2v) is 5.53. The first-order chi connectivity index (χ1) is 11.0. The van der Waals surface area contributed by atoms with Crippen molar-refractivity contribution in [3.8, 4) is 0 Å². The highest BCUT2D eigenvalue weighted by atomic mass is 19.1. The maximum atomic E-state index is 13.4. The highest BCUT2D eigenvalue weighted by Crippen LogP contribution is 2.17. The summed E-state index contributed by atoms with van der Waals surface area (Å²) >= 11 is 0. The van der Waals surface area contributed by atoms with Crippen LogP contribution in [0.1, 0.15) is 31.7 Å². The minimum absolute atomic E-state index is 0.0617. The molecule has 0 spiro atoms. The summed E-state index contributed by atoms with van der Waals surface area (Å²) in [6, 6.07) is 13.3. The van der Waals surface area contributed by atoms with E-state index in [0.717, 1.165) is 0 Å². The van der Waals surface area contributed by atoms with Gasteiger partial charge in [-0.3, -0.25) is 9.59 Å². The molecule has 0 unspecified atom stereocenters. The van der Waals surface area contributed by atoms with Gasteiger partial charge in [0, 0.05) is 5.69 Å². The number of hydrogen-bond donors (Lipinski definition) is 2. The number of carbonyl (C=O) groups is 2. The first-order valence-corrected chi connectivity index (χ1v) is 7.40. The van der Waals surface area contributed by atoms with Crippen LogP contribution in [0, 0.1) is 5.82 Å². The van der Waals surface area contributed by atoms with Crippen LogP contribution in [0.3, 0.4) is 0 Å². The molecule has 0 aliphatic rings. The van der Waals surface area contributed by atoms with Crippen LogP contribution in [0.5, 0.6) is 0 Å². The lowest BCUT2D eigenvalue weighted by Crippen LogP contribution is -2.21. The van der Waals surface area contributed by atoms with Gasteiger partial charge < -0.3 is 10.6 Å². The van der Waals surface area contributed by atoms with Gasteiger partial charge in [0.2, 0.25) is 11.8 Å². The minimum Gasteiger partial charge on any atom is -0.326 e. The van der Waals surface area contributed by atoms with Gasteiger partial charge in [-0.15, -0.1) is 0 Å². The summed E-state index contributed by atoms with van der Waals surface area (Å²) in [6.07, 6.45) is -0.375. The summed E-state index contributed by atoms with van der Waals surface area (Å²) in [5.41, 5.74) is 1.85. The second-order valence-electron chi connectivity index (χ2n) is 5.53. The van der Waals surface area contributed by atoms with Gasteiger partial charge in [0.05, 0.1) is 5.69 Å². The van der Waals surface area contributed by atoms with Crippen LogP contribution in [0.4, 0.5) is 15.8 Å². The highest BCUT2D eigenvalue weighted by Gasteiger charge is 2.12. The Morgan fingerprint density at radius 1 is 0.957 bits per heavy atom. The monoisotopic (exact) mass is 314 g/mol. The number of carbonyl (C=O) groups excluding carboxylic acids is 2. The van der Waals surface area contributed by atoms with Gasteiger partial charge >= 0.3 is 0 Å². The van der Waals surface area contributed by atoms with E-state index in [-0.39, 0.29) is 12.1 Å².